The monoisotopic (exact) mass is 293 g/mol. The van der Waals surface area contributed by atoms with E-state index in [1.165, 1.54) is 5.69 Å². The smallest absolute Gasteiger partial charge is 0.128 e. The molecule has 0 aromatic carbocycles. The number of hydrogen-bond acceptors (Lipinski definition) is 3. The maximum absolute atomic E-state index is 4.80. The van der Waals surface area contributed by atoms with Crippen molar-refractivity contribution in [2.24, 2.45) is 0 Å². The highest BCUT2D eigenvalue weighted by Crippen LogP contribution is 2.23. The van der Waals surface area contributed by atoms with E-state index in [1.54, 1.807) is 0 Å². The highest BCUT2D eigenvalue weighted by Gasteiger charge is 2.19. The van der Waals surface area contributed by atoms with Crippen molar-refractivity contribution >= 4 is 5.82 Å². The Hall–Kier alpha value is -1.09. The summed E-state index contributed by atoms with van der Waals surface area (Å²) in [5, 5.41) is 0. The molecule has 1 aliphatic rings. The average Bonchev–Trinajstić information content (AvgIpc) is 2.51. The van der Waals surface area contributed by atoms with Gasteiger partial charge in [-0.3, -0.25) is 0 Å². The molecule has 122 valence electrons. The third kappa shape index (κ3) is 6.47. The predicted molar refractivity (Wildman–Crippen MR) is 95.3 cm³/mol. The Bertz CT molecular complexity index is 374. The molecule has 0 spiro atoms. The fourth-order valence-electron chi connectivity index (χ4n) is 2.05. The summed E-state index contributed by atoms with van der Waals surface area (Å²) in [6, 6.07) is 6.38. The molecule has 1 aromatic heterocycles. The first-order valence-corrected chi connectivity index (χ1v) is 8.38. The number of likely N-dealkylation sites (N-methyl/N-ethyl adjacent to an activating group) is 1. The largest absolute Gasteiger partial charge is 0.354 e. The van der Waals surface area contributed by atoms with Crippen LogP contribution in [-0.4, -0.2) is 43.1 Å². The molecule has 0 unspecified atom stereocenters. The van der Waals surface area contributed by atoms with E-state index < -0.39 is 0 Å². The highest BCUT2D eigenvalue weighted by molar-refractivity contribution is 5.40. The molecule has 0 bridgehead atoms. The van der Waals surface area contributed by atoms with E-state index in [2.05, 4.69) is 55.8 Å². The molecule has 1 fully saturated rings. The molecule has 1 aliphatic heterocycles. The molecule has 3 nitrogen and oxygen atoms in total. The van der Waals surface area contributed by atoms with Crippen LogP contribution >= 0.6 is 0 Å². The topological polar surface area (TPSA) is 19.4 Å². The molecular weight excluding hydrogens is 258 g/mol. The molecule has 0 N–H and O–H groups in total. The molecule has 0 amide bonds. The van der Waals surface area contributed by atoms with E-state index in [9.17, 15) is 0 Å². The van der Waals surface area contributed by atoms with E-state index >= 15 is 0 Å². The summed E-state index contributed by atoms with van der Waals surface area (Å²) in [7, 11) is 2.18. The number of anilines is 1. The van der Waals surface area contributed by atoms with Gasteiger partial charge in [-0.1, -0.05) is 54.5 Å². The minimum Gasteiger partial charge on any atom is -0.354 e. The first-order valence-electron chi connectivity index (χ1n) is 8.38. The van der Waals surface area contributed by atoms with Crippen molar-refractivity contribution in [2.45, 2.75) is 53.9 Å². The molecule has 2 rings (SSSR count). The van der Waals surface area contributed by atoms with Crippen molar-refractivity contribution in [2.75, 3.05) is 38.1 Å². The zero-order valence-electron chi connectivity index (χ0n) is 15.4. The first kappa shape index (κ1) is 19.9. The summed E-state index contributed by atoms with van der Waals surface area (Å²) in [6.07, 6.45) is 0. The average molecular weight is 293 g/mol. The van der Waals surface area contributed by atoms with Gasteiger partial charge in [0.15, 0.2) is 0 Å². The zero-order chi connectivity index (χ0) is 16.5. The molecule has 3 heteroatoms. The summed E-state index contributed by atoms with van der Waals surface area (Å²) >= 11 is 0. The van der Waals surface area contributed by atoms with E-state index in [0.29, 0.717) is 0 Å². The van der Waals surface area contributed by atoms with E-state index in [0.717, 1.165) is 32.0 Å². The van der Waals surface area contributed by atoms with Crippen LogP contribution in [0.25, 0.3) is 0 Å². The van der Waals surface area contributed by atoms with Gasteiger partial charge in [-0.25, -0.2) is 4.98 Å². The molecule has 21 heavy (non-hydrogen) atoms. The quantitative estimate of drug-likeness (QED) is 0.774. The highest BCUT2D eigenvalue weighted by atomic mass is 15.3. The number of nitrogens with zero attached hydrogens (tertiary/aromatic N) is 3. The van der Waals surface area contributed by atoms with Crippen LogP contribution in [0.15, 0.2) is 18.2 Å². The Morgan fingerprint density at radius 1 is 0.905 bits per heavy atom. The Balaban J connectivity index is 0.000000921. The zero-order valence-corrected chi connectivity index (χ0v) is 15.4. The molecule has 0 radical (unpaired) electrons. The van der Waals surface area contributed by atoms with Gasteiger partial charge in [0.25, 0.3) is 0 Å². The Morgan fingerprint density at radius 3 is 1.90 bits per heavy atom. The van der Waals surface area contributed by atoms with Crippen LogP contribution in [0.5, 0.6) is 0 Å². The summed E-state index contributed by atoms with van der Waals surface area (Å²) in [5.74, 6) is 1.13. The van der Waals surface area contributed by atoms with Crippen molar-refractivity contribution in [3.63, 3.8) is 0 Å². The molecule has 1 saturated heterocycles. The third-order valence-electron chi connectivity index (χ3n) is 3.33. The second-order valence-electron chi connectivity index (χ2n) is 5.92. The summed E-state index contributed by atoms with van der Waals surface area (Å²) < 4.78 is 0. The van der Waals surface area contributed by atoms with Crippen molar-refractivity contribution in [1.29, 1.82) is 0 Å². The number of pyridine rings is 1. The lowest BCUT2D eigenvalue weighted by atomic mass is 9.92. The van der Waals surface area contributed by atoms with Gasteiger partial charge < -0.3 is 9.80 Å². The van der Waals surface area contributed by atoms with Gasteiger partial charge in [0.2, 0.25) is 0 Å². The normalized spacial score (nSPS) is 15.5. The Kier molecular flexibility index (Phi) is 9.27. The van der Waals surface area contributed by atoms with E-state index in [1.807, 2.05) is 27.7 Å². The van der Waals surface area contributed by atoms with Gasteiger partial charge in [-0.15, -0.1) is 0 Å². The van der Waals surface area contributed by atoms with Gasteiger partial charge in [-0.05, 0) is 19.2 Å². The minimum absolute atomic E-state index is 0.128. The van der Waals surface area contributed by atoms with E-state index in [-0.39, 0.29) is 5.41 Å². The SMILES string of the molecule is CC.CC.CN1CCN(c2cccc(C(C)(C)C)n2)CC1. The van der Waals surface area contributed by atoms with Crippen LogP contribution < -0.4 is 4.90 Å². The van der Waals surface area contributed by atoms with Crippen molar-refractivity contribution in [3.8, 4) is 0 Å². The molecular formula is C18H35N3. The van der Waals surface area contributed by atoms with Crippen molar-refractivity contribution in [3.05, 3.63) is 23.9 Å². The molecule has 2 heterocycles. The standard InChI is InChI=1S/C14H23N3.2C2H6/c1-14(2,3)12-6-5-7-13(15-12)17-10-8-16(4)9-11-17;2*1-2/h5-7H,8-11H2,1-4H3;2*1-2H3. The minimum atomic E-state index is 0.128. The van der Waals surface area contributed by atoms with Gasteiger partial charge >= 0.3 is 0 Å². The number of aromatic nitrogens is 1. The van der Waals surface area contributed by atoms with Gasteiger partial charge in [0.1, 0.15) is 5.82 Å². The Morgan fingerprint density at radius 2 is 1.43 bits per heavy atom. The fourth-order valence-corrected chi connectivity index (χ4v) is 2.05. The Labute approximate surface area is 132 Å². The lowest BCUT2D eigenvalue weighted by molar-refractivity contribution is 0.312. The molecule has 0 aliphatic carbocycles. The first-order chi connectivity index (χ1) is 9.97. The lowest BCUT2D eigenvalue weighted by Crippen LogP contribution is -2.44. The summed E-state index contributed by atoms with van der Waals surface area (Å²) in [5.41, 5.74) is 1.30. The summed E-state index contributed by atoms with van der Waals surface area (Å²) in [4.78, 5) is 9.55. The number of rotatable bonds is 1. The third-order valence-corrected chi connectivity index (χ3v) is 3.33. The fraction of sp³-hybridized carbons (Fsp3) is 0.722. The number of piperazine rings is 1. The van der Waals surface area contributed by atoms with Gasteiger partial charge in [0.05, 0.1) is 0 Å². The van der Waals surface area contributed by atoms with Gasteiger partial charge in [-0.2, -0.15) is 0 Å². The van der Waals surface area contributed by atoms with Crippen LogP contribution in [0.3, 0.4) is 0 Å². The van der Waals surface area contributed by atoms with Crippen LogP contribution in [-0.2, 0) is 5.41 Å². The number of hydrogen-bond donors (Lipinski definition) is 0. The maximum Gasteiger partial charge on any atom is 0.128 e. The van der Waals surface area contributed by atoms with Crippen molar-refractivity contribution < 1.29 is 0 Å². The second-order valence-corrected chi connectivity index (χ2v) is 5.92. The second kappa shape index (κ2) is 9.78. The maximum atomic E-state index is 4.80. The van der Waals surface area contributed by atoms with Crippen LogP contribution in [0.4, 0.5) is 5.82 Å². The lowest BCUT2D eigenvalue weighted by Gasteiger charge is -2.33. The van der Waals surface area contributed by atoms with Crippen molar-refractivity contribution in [1.82, 2.24) is 9.88 Å². The van der Waals surface area contributed by atoms with Crippen LogP contribution in [0.2, 0.25) is 0 Å². The van der Waals surface area contributed by atoms with Crippen LogP contribution in [0, 0.1) is 0 Å². The van der Waals surface area contributed by atoms with E-state index in [4.69, 9.17) is 4.98 Å². The molecule has 0 saturated carbocycles. The molecule has 1 aromatic rings. The van der Waals surface area contributed by atoms with Gasteiger partial charge in [0, 0.05) is 37.3 Å². The predicted octanol–water partition coefficient (Wildman–Crippen LogP) is 4.18. The van der Waals surface area contributed by atoms with Crippen LogP contribution in [0.1, 0.15) is 54.2 Å². The molecule has 0 atom stereocenters. The summed E-state index contributed by atoms with van der Waals surface area (Å²) in [6.45, 7) is 19.0.